The summed E-state index contributed by atoms with van der Waals surface area (Å²) in [4.78, 5) is 0. The zero-order chi connectivity index (χ0) is 10.6. The molecule has 0 radical (unpaired) electrons. The largest absolute Gasteiger partial charge is 0.316 e. The molecule has 0 aromatic rings. The van der Waals surface area contributed by atoms with E-state index >= 15 is 0 Å². The Morgan fingerprint density at radius 2 is 1.67 bits per heavy atom. The maximum Gasteiger partial charge on any atom is 0.0121 e. The molecule has 0 aliphatic heterocycles. The summed E-state index contributed by atoms with van der Waals surface area (Å²) in [6.45, 7) is 4.92. The molecule has 15 heavy (non-hydrogen) atoms. The van der Waals surface area contributed by atoms with E-state index in [1.807, 2.05) is 0 Å². The number of hydrogen-bond donors (Lipinski definition) is 1. The van der Waals surface area contributed by atoms with Gasteiger partial charge in [0.05, 0.1) is 0 Å². The number of hydrogen-bond acceptors (Lipinski definition) is 1. The highest BCUT2D eigenvalue weighted by atomic mass is 14.9. The Kier molecular flexibility index (Phi) is 2.18. The summed E-state index contributed by atoms with van der Waals surface area (Å²) >= 11 is 0. The highest BCUT2D eigenvalue weighted by molar-refractivity contribution is 5.07. The summed E-state index contributed by atoms with van der Waals surface area (Å²) in [6.07, 6.45) is 7.63. The van der Waals surface area contributed by atoms with Crippen molar-refractivity contribution in [3.63, 3.8) is 0 Å². The average Bonchev–Trinajstić information content (AvgIpc) is 2.16. The molecule has 4 aliphatic rings. The van der Waals surface area contributed by atoms with Gasteiger partial charge in [0.2, 0.25) is 0 Å². The molecule has 0 aromatic carbocycles. The molecule has 2 unspecified atom stereocenters. The minimum atomic E-state index is 0.740. The molecule has 4 bridgehead atoms. The van der Waals surface area contributed by atoms with E-state index in [1.54, 1.807) is 6.42 Å². The molecule has 86 valence electrons. The lowest BCUT2D eigenvalue weighted by atomic mass is 9.45. The van der Waals surface area contributed by atoms with Gasteiger partial charge in [-0.15, -0.1) is 0 Å². The Morgan fingerprint density at radius 1 is 1.07 bits per heavy atom. The van der Waals surface area contributed by atoms with Crippen LogP contribution in [0.2, 0.25) is 0 Å². The van der Waals surface area contributed by atoms with Gasteiger partial charge >= 0.3 is 0 Å². The molecule has 0 heterocycles. The van der Waals surface area contributed by atoms with Crippen molar-refractivity contribution in [2.24, 2.45) is 29.1 Å². The zero-order valence-corrected chi connectivity index (χ0v) is 10.4. The lowest BCUT2D eigenvalue weighted by Gasteiger charge is -2.61. The van der Waals surface area contributed by atoms with Crippen LogP contribution in [0.15, 0.2) is 0 Å². The van der Waals surface area contributed by atoms with Crippen molar-refractivity contribution in [2.75, 3.05) is 7.05 Å². The van der Waals surface area contributed by atoms with Crippen LogP contribution in [0.4, 0.5) is 0 Å². The topological polar surface area (TPSA) is 12.0 Å². The Morgan fingerprint density at radius 3 is 2.13 bits per heavy atom. The molecule has 0 amide bonds. The number of rotatable bonds is 2. The Labute approximate surface area is 94.0 Å². The van der Waals surface area contributed by atoms with Gasteiger partial charge in [-0.25, -0.2) is 0 Å². The van der Waals surface area contributed by atoms with Gasteiger partial charge in [-0.05, 0) is 68.2 Å². The first-order valence-electron chi connectivity index (χ1n) is 6.82. The van der Waals surface area contributed by atoms with Crippen LogP contribution in [-0.4, -0.2) is 13.1 Å². The van der Waals surface area contributed by atoms with Crippen molar-refractivity contribution in [1.82, 2.24) is 5.32 Å². The summed E-state index contributed by atoms with van der Waals surface area (Å²) in [5.74, 6) is 3.99. The van der Waals surface area contributed by atoms with Gasteiger partial charge in [0, 0.05) is 6.04 Å². The molecule has 0 saturated heterocycles. The van der Waals surface area contributed by atoms with Crippen LogP contribution in [0.5, 0.6) is 0 Å². The standard InChI is InChI=1S/C14H25N/c1-9(2)14-6-10-4-11(7-14)13(15-3)12(5-10)8-14/h9-13,15H,4-8H2,1-3H3. The van der Waals surface area contributed by atoms with E-state index in [4.69, 9.17) is 0 Å². The second-order valence-corrected chi connectivity index (χ2v) is 6.80. The molecule has 0 aromatic heterocycles. The van der Waals surface area contributed by atoms with E-state index in [-0.39, 0.29) is 0 Å². The SMILES string of the molecule is CNC1C2CC3CC1CC(C(C)C)(C3)C2. The molecular weight excluding hydrogens is 182 g/mol. The van der Waals surface area contributed by atoms with Crippen molar-refractivity contribution in [2.45, 2.75) is 52.0 Å². The second-order valence-electron chi connectivity index (χ2n) is 6.80. The molecule has 4 fully saturated rings. The fourth-order valence-electron chi connectivity index (χ4n) is 5.27. The smallest absolute Gasteiger partial charge is 0.0121 e. The first-order chi connectivity index (χ1) is 7.14. The molecule has 4 saturated carbocycles. The monoisotopic (exact) mass is 207 g/mol. The van der Waals surface area contributed by atoms with Crippen LogP contribution in [0, 0.1) is 29.1 Å². The molecular formula is C14H25N. The van der Waals surface area contributed by atoms with Gasteiger partial charge in [0.25, 0.3) is 0 Å². The van der Waals surface area contributed by atoms with Crippen molar-refractivity contribution >= 4 is 0 Å². The molecule has 4 rings (SSSR count). The average molecular weight is 207 g/mol. The lowest BCUT2D eigenvalue weighted by molar-refractivity contribution is -0.0978. The van der Waals surface area contributed by atoms with Gasteiger partial charge in [-0.1, -0.05) is 13.8 Å². The van der Waals surface area contributed by atoms with Gasteiger partial charge in [-0.3, -0.25) is 0 Å². The van der Waals surface area contributed by atoms with E-state index in [0.29, 0.717) is 0 Å². The fourth-order valence-corrected chi connectivity index (χ4v) is 5.27. The molecule has 1 nitrogen and oxygen atoms in total. The van der Waals surface area contributed by atoms with Crippen LogP contribution in [0.1, 0.15) is 46.0 Å². The maximum atomic E-state index is 3.60. The van der Waals surface area contributed by atoms with Crippen LogP contribution in [-0.2, 0) is 0 Å². The Balaban J connectivity index is 1.89. The molecule has 1 N–H and O–H groups in total. The summed E-state index contributed by atoms with van der Waals surface area (Å²) in [5, 5.41) is 3.60. The van der Waals surface area contributed by atoms with E-state index < -0.39 is 0 Å². The van der Waals surface area contributed by atoms with Crippen molar-refractivity contribution < 1.29 is 0 Å². The van der Waals surface area contributed by atoms with Crippen molar-refractivity contribution in [3.05, 3.63) is 0 Å². The van der Waals surface area contributed by atoms with E-state index in [9.17, 15) is 0 Å². The maximum absolute atomic E-state index is 3.60. The highest BCUT2D eigenvalue weighted by Gasteiger charge is 2.55. The first-order valence-corrected chi connectivity index (χ1v) is 6.82. The van der Waals surface area contributed by atoms with E-state index in [1.165, 1.54) is 25.7 Å². The minimum absolute atomic E-state index is 0.740. The summed E-state index contributed by atoms with van der Waals surface area (Å²) in [7, 11) is 2.18. The Hall–Kier alpha value is -0.0400. The molecule has 2 atom stereocenters. The van der Waals surface area contributed by atoms with Gasteiger partial charge in [0.1, 0.15) is 0 Å². The third-order valence-corrected chi connectivity index (χ3v) is 5.88. The molecule has 0 spiro atoms. The van der Waals surface area contributed by atoms with Crippen molar-refractivity contribution in [3.8, 4) is 0 Å². The minimum Gasteiger partial charge on any atom is -0.316 e. The normalized spacial score (nSPS) is 52.8. The first kappa shape index (κ1) is 10.1. The van der Waals surface area contributed by atoms with Gasteiger partial charge in [-0.2, -0.15) is 0 Å². The third kappa shape index (κ3) is 1.32. The predicted molar refractivity (Wildman–Crippen MR) is 63.7 cm³/mol. The fraction of sp³-hybridized carbons (Fsp3) is 1.00. The van der Waals surface area contributed by atoms with Crippen LogP contribution in [0.25, 0.3) is 0 Å². The van der Waals surface area contributed by atoms with Gasteiger partial charge < -0.3 is 5.32 Å². The highest BCUT2D eigenvalue weighted by Crippen LogP contribution is 2.62. The predicted octanol–water partition coefficient (Wildman–Crippen LogP) is 3.06. The lowest BCUT2D eigenvalue weighted by Crippen LogP contribution is -2.58. The van der Waals surface area contributed by atoms with Crippen LogP contribution in [0.3, 0.4) is 0 Å². The Bertz CT molecular complexity index is 242. The van der Waals surface area contributed by atoms with Crippen LogP contribution < -0.4 is 5.32 Å². The summed E-state index contributed by atoms with van der Waals surface area (Å²) < 4.78 is 0. The van der Waals surface area contributed by atoms with E-state index in [2.05, 4.69) is 26.2 Å². The van der Waals surface area contributed by atoms with E-state index in [0.717, 1.165) is 35.1 Å². The summed E-state index contributed by atoms with van der Waals surface area (Å²) in [6, 6.07) is 0.855. The van der Waals surface area contributed by atoms with Crippen molar-refractivity contribution in [1.29, 1.82) is 0 Å². The molecule has 4 aliphatic carbocycles. The zero-order valence-electron chi connectivity index (χ0n) is 10.4. The third-order valence-electron chi connectivity index (χ3n) is 5.88. The molecule has 1 heteroatoms. The number of nitrogens with one attached hydrogen (secondary N) is 1. The van der Waals surface area contributed by atoms with Crippen LogP contribution >= 0.6 is 0 Å². The van der Waals surface area contributed by atoms with Gasteiger partial charge in [0.15, 0.2) is 0 Å². The quantitative estimate of drug-likeness (QED) is 0.734. The summed E-state index contributed by atoms with van der Waals surface area (Å²) in [5.41, 5.74) is 0.740. The second kappa shape index (κ2) is 3.23.